The molecule has 0 N–H and O–H groups in total. The standard InChI is InChI=1S/C44H83NO7/c1-5-7-9-11-13-20-25-36-49-42(46)31-24-18-15-17-23-30-41(52-43(47)32-28-35-45(3)4)29-22-16-12-14-21-27-38-51-44(33-39-48-40-34-44)50-37-26-19-10-8-6-2/h20,25,41H,5-19,21-24,26-40H2,1-4H3/b25-20-. The summed E-state index contributed by atoms with van der Waals surface area (Å²) in [6.45, 7) is 8.74. The van der Waals surface area contributed by atoms with Crippen LogP contribution < -0.4 is 0 Å². The minimum absolute atomic E-state index is 0.0113. The van der Waals surface area contributed by atoms with Crippen molar-refractivity contribution in [2.75, 3.05) is 53.7 Å². The molecule has 1 aliphatic heterocycles. The van der Waals surface area contributed by atoms with Crippen LogP contribution in [0, 0.1) is 0 Å². The molecule has 1 fully saturated rings. The predicted octanol–water partition coefficient (Wildman–Crippen LogP) is 11.3. The number of carbonyl (C=O) groups excluding carboxylic acids is 2. The third-order valence-corrected chi connectivity index (χ3v) is 10.1. The number of unbranched alkanes of at least 4 members (excludes halogenated alkanes) is 17. The Labute approximate surface area is 320 Å². The van der Waals surface area contributed by atoms with Crippen LogP contribution in [0.2, 0.25) is 0 Å². The summed E-state index contributed by atoms with van der Waals surface area (Å²) >= 11 is 0. The second-order valence-corrected chi connectivity index (χ2v) is 15.4. The molecule has 0 radical (unpaired) electrons. The lowest BCUT2D eigenvalue weighted by molar-refractivity contribution is -0.269. The maximum absolute atomic E-state index is 12.6. The van der Waals surface area contributed by atoms with Gasteiger partial charge in [0.25, 0.3) is 0 Å². The first kappa shape index (κ1) is 48.5. The van der Waals surface area contributed by atoms with Crippen LogP contribution >= 0.6 is 0 Å². The van der Waals surface area contributed by atoms with Crippen LogP contribution in [0.4, 0.5) is 0 Å². The number of allylic oxidation sites excluding steroid dienone is 1. The van der Waals surface area contributed by atoms with E-state index in [4.69, 9.17) is 23.7 Å². The predicted molar refractivity (Wildman–Crippen MR) is 215 cm³/mol. The first-order valence-electron chi connectivity index (χ1n) is 21.9. The zero-order valence-corrected chi connectivity index (χ0v) is 34.6. The molecule has 0 saturated carbocycles. The molecule has 1 aliphatic rings. The van der Waals surface area contributed by atoms with Gasteiger partial charge in [-0.1, -0.05) is 116 Å². The maximum Gasteiger partial charge on any atom is 0.306 e. The lowest BCUT2D eigenvalue weighted by Gasteiger charge is -2.37. The molecule has 1 saturated heterocycles. The Morgan fingerprint density at radius 1 is 0.635 bits per heavy atom. The van der Waals surface area contributed by atoms with Gasteiger partial charge in [-0.25, -0.2) is 0 Å². The summed E-state index contributed by atoms with van der Waals surface area (Å²) in [6, 6.07) is 0. The van der Waals surface area contributed by atoms with Crippen molar-refractivity contribution in [2.24, 2.45) is 0 Å². The van der Waals surface area contributed by atoms with Crippen LogP contribution in [0.15, 0.2) is 12.2 Å². The van der Waals surface area contributed by atoms with Gasteiger partial charge in [-0.2, -0.15) is 0 Å². The van der Waals surface area contributed by atoms with Crippen molar-refractivity contribution in [3.05, 3.63) is 12.2 Å². The van der Waals surface area contributed by atoms with Crippen LogP contribution in [0.5, 0.6) is 0 Å². The molecule has 306 valence electrons. The van der Waals surface area contributed by atoms with Gasteiger partial charge in [-0.05, 0) is 84.8 Å². The fourth-order valence-electron chi connectivity index (χ4n) is 6.72. The number of rotatable bonds is 37. The molecule has 1 rings (SSSR count). The van der Waals surface area contributed by atoms with Gasteiger partial charge < -0.3 is 28.6 Å². The molecule has 0 amide bonds. The molecule has 0 aromatic heterocycles. The molecule has 0 aromatic rings. The second kappa shape index (κ2) is 35.2. The molecule has 0 bridgehead atoms. The van der Waals surface area contributed by atoms with E-state index < -0.39 is 5.79 Å². The fourth-order valence-corrected chi connectivity index (χ4v) is 6.72. The molecule has 8 nitrogen and oxygen atoms in total. The molecule has 0 aliphatic carbocycles. The van der Waals surface area contributed by atoms with Crippen LogP contribution in [-0.2, 0) is 33.3 Å². The summed E-state index contributed by atoms with van der Waals surface area (Å²) < 4.78 is 29.6. The maximum atomic E-state index is 12.6. The molecule has 1 heterocycles. The fraction of sp³-hybridized carbons (Fsp3) is 0.909. The third-order valence-electron chi connectivity index (χ3n) is 10.1. The second-order valence-electron chi connectivity index (χ2n) is 15.4. The van der Waals surface area contributed by atoms with Gasteiger partial charge in [0.05, 0.1) is 26.4 Å². The quantitative estimate of drug-likeness (QED) is 0.0270. The zero-order chi connectivity index (χ0) is 37.8. The molecular formula is C44H83NO7. The van der Waals surface area contributed by atoms with Crippen LogP contribution in [0.3, 0.4) is 0 Å². The van der Waals surface area contributed by atoms with Gasteiger partial charge in [0.2, 0.25) is 0 Å². The van der Waals surface area contributed by atoms with E-state index in [1.165, 1.54) is 77.0 Å². The van der Waals surface area contributed by atoms with Crippen molar-refractivity contribution in [3.63, 3.8) is 0 Å². The SMILES string of the molecule is CCCCCC/C=C\COC(=O)CCCCCCCC(CCCCCCCCOC1(OCCCCCCC)CCOCC1)OC(=O)CCCN(C)C. The van der Waals surface area contributed by atoms with E-state index in [2.05, 4.69) is 24.8 Å². The Morgan fingerprint density at radius 3 is 1.75 bits per heavy atom. The van der Waals surface area contributed by atoms with Crippen molar-refractivity contribution in [1.29, 1.82) is 0 Å². The minimum Gasteiger partial charge on any atom is -0.462 e. The number of hydrogen-bond donors (Lipinski definition) is 0. The lowest BCUT2D eigenvalue weighted by Crippen LogP contribution is -2.42. The van der Waals surface area contributed by atoms with Crippen molar-refractivity contribution in [2.45, 2.75) is 206 Å². The normalized spacial score (nSPS) is 15.0. The van der Waals surface area contributed by atoms with E-state index in [-0.39, 0.29) is 18.0 Å². The van der Waals surface area contributed by atoms with Crippen LogP contribution in [0.25, 0.3) is 0 Å². The van der Waals surface area contributed by atoms with Gasteiger partial charge in [-0.15, -0.1) is 0 Å². The molecule has 1 atom stereocenters. The topological polar surface area (TPSA) is 83.5 Å². The number of hydrogen-bond acceptors (Lipinski definition) is 8. The molecule has 0 aromatic carbocycles. The highest BCUT2D eigenvalue weighted by Gasteiger charge is 2.34. The van der Waals surface area contributed by atoms with Crippen molar-refractivity contribution >= 4 is 11.9 Å². The highest BCUT2D eigenvalue weighted by Crippen LogP contribution is 2.28. The first-order valence-corrected chi connectivity index (χ1v) is 21.9. The van der Waals surface area contributed by atoms with E-state index in [0.717, 1.165) is 123 Å². The van der Waals surface area contributed by atoms with Gasteiger partial charge in [-0.3, -0.25) is 9.59 Å². The van der Waals surface area contributed by atoms with Crippen LogP contribution in [0.1, 0.15) is 194 Å². The summed E-state index contributed by atoms with van der Waals surface area (Å²) in [6.07, 6.45) is 33.8. The number of carbonyl (C=O) groups is 2. The van der Waals surface area contributed by atoms with Crippen LogP contribution in [-0.4, -0.2) is 82.4 Å². The molecular weight excluding hydrogens is 654 g/mol. The average molecular weight is 738 g/mol. The average Bonchev–Trinajstić information content (AvgIpc) is 3.13. The summed E-state index contributed by atoms with van der Waals surface area (Å²) in [5, 5.41) is 0. The minimum atomic E-state index is -0.444. The van der Waals surface area contributed by atoms with Crippen molar-refractivity contribution < 1.29 is 33.3 Å². The number of ether oxygens (including phenoxy) is 5. The summed E-state index contributed by atoms with van der Waals surface area (Å²) in [5.74, 6) is -0.596. The smallest absolute Gasteiger partial charge is 0.306 e. The molecule has 1 unspecified atom stereocenters. The Kier molecular flexibility index (Phi) is 32.9. The first-order chi connectivity index (χ1) is 25.4. The molecule has 0 spiro atoms. The highest BCUT2D eigenvalue weighted by molar-refractivity contribution is 5.69. The highest BCUT2D eigenvalue weighted by atomic mass is 16.7. The Balaban J connectivity index is 2.23. The Morgan fingerprint density at radius 2 is 1.15 bits per heavy atom. The summed E-state index contributed by atoms with van der Waals surface area (Å²) in [7, 11) is 4.07. The van der Waals surface area contributed by atoms with Crippen molar-refractivity contribution in [1.82, 2.24) is 4.90 Å². The number of esters is 2. The van der Waals surface area contributed by atoms with Gasteiger partial charge >= 0.3 is 11.9 Å². The Bertz CT molecular complexity index is 842. The van der Waals surface area contributed by atoms with Gasteiger partial charge in [0.15, 0.2) is 5.79 Å². The van der Waals surface area contributed by atoms with E-state index in [1.807, 2.05) is 20.2 Å². The van der Waals surface area contributed by atoms with E-state index in [1.54, 1.807) is 0 Å². The number of nitrogens with zero attached hydrogens (tertiary/aromatic N) is 1. The largest absolute Gasteiger partial charge is 0.462 e. The summed E-state index contributed by atoms with van der Waals surface area (Å²) in [5.41, 5.74) is 0. The van der Waals surface area contributed by atoms with E-state index >= 15 is 0 Å². The van der Waals surface area contributed by atoms with Gasteiger partial charge in [0.1, 0.15) is 12.7 Å². The molecule has 52 heavy (non-hydrogen) atoms. The van der Waals surface area contributed by atoms with E-state index in [9.17, 15) is 9.59 Å². The van der Waals surface area contributed by atoms with Crippen molar-refractivity contribution in [3.8, 4) is 0 Å². The van der Waals surface area contributed by atoms with E-state index in [0.29, 0.717) is 19.4 Å². The Hall–Kier alpha value is -1.48. The van der Waals surface area contributed by atoms with Gasteiger partial charge in [0, 0.05) is 25.7 Å². The molecule has 8 heteroatoms. The summed E-state index contributed by atoms with van der Waals surface area (Å²) in [4.78, 5) is 26.8. The monoisotopic (exact) mass is 738 g/mol. The zero-order valence-electron chi connectivity index (χ0n) is 34.6. The lowest BCUT2D eigenvalue weighted by atomic mass is 10.0. The third kappa shape index (κ3) is 29.9.